The van der Waals surface area contributed by atoms with Crippen molar-refractivity contribution in [3.8, 4) is 0 Å². The highest BCUT2D eigenvalue weighted by Gasteiger charge is 2.17. The summed E-state index contributed by atoms with van der Waals surface area (Å²) in [4.78, 5) is 2.34. The number of rotatable bonds is 7. The lowest BCUT2D eigenvalue weighted by atomic mass is 10.1. The van der Waals surface area contributed by atoms with Crippen molar-refractivity contribution in [1.29, 1.82) is 0 Å². The molecular weight excluding hydrogens is 328 g/mol. The van der Waals surface area contributed by atoms with Gasteiger partial charge in [-0.05, 0) is 49.9 Å². The Morgan fingerprint density at radius 3 is 2.95 bits per heavy atom. The molecule has 1 N–H and O–H groups in total. The molecular formula is C17H27BrN2O. The lowest BCUT2D eigenvalue weighted by Crippen LogP contribution is -2.34. The number of anilines is 1. The topological polar surface area (TPSA) is 24.5 Å². The maximum Gasteiger partial charge on any atom is 0.0749 e. The van der Waals surface area contributed by atoms with E-state index in [0.717, 1.165) is 37.1 Å². The standard InChI is InChI=1S/C17H27BrN2O/c1-3-9-19-12-14-7-8-15(18)11-17(14)20(2)13-16-6-4-5-10-21-16/h7-8,11,16,19H,3-6,9-10,12-13H2,1-2H3. The summed E-state index contributed by atoms with van der Waals surface area (Å²) in [5, 5.41) is 3.50. The molecule has 1 atom stereocenters. The van der Waals surface area contributed by atoms with Gasteiger partial charge in [0, 0.05) is 36.9 Å². The van der Waals surface area contributed by atoms with E-state index in [4.69, 9.17) is 4.74 Å². The average molecular weight is 355 g/mol. The van der Waals surface area contributed by atoms with E-state index < -0.39 is 0 Å². The monoisotopic (exact) mass is 354 g/mol. The molecule has 1 saturated heterocycles. The molecule has 1 unspecified atom stereocenters. The van der Waals surface area contributed by atoms with Gasteiger partial charge in [-0.3, -0.25) is 0 Å². The van der Waals surface area contributed by atoms with E-state index in [1.165, 1.54) is 30.5 Å². The van der Waals surface area contributed by atoms with E-state index in [0.29, 0.717) is 6.10 Å². The summed E-state index contributed by atoms with van der Waals surface area (Å²) < 4.78 is 7.00. The van der Waals surface area contributed by atoms with E-state index in [-0.39, 0.29) is 0 Å². The Bertz CT molecular complexity index is 433. The van der Waals surface area contributed by atoms with Crippen LogP contribution in [0.1, 0.15) is 38.2 Å². The van der Waals surface area contributed by atoms with Gasteiger partial charge >= 0.3 is 0 Å². The highest BCUT2D eigenvalue weighted by Crippen LogP contribution is 2.26. The summed E-state index contributed by atoms with van der Waals surface area (Å²) in [6.07, 6.45) is 5.23. The number of hydrogen-bond donors (Lipinski definition) is 1. The van der Waals surface area contributed by atoms with Crippen molar-refractivity contribution in [3.05, 3.63) is 28.2 Å². The molecule has 0 spiro atoms. The Morgan fingerprint density at radius 1 is 1.38 bits per heavy atom. The zero-order valence-corrected chi connectivity index (χ0v) is 14.8. The zero-order chi connectivity index (χ0) is 15.1. The Hall–Kier alpha value is -0.580. The smallest absolute Gasteiger partial charge is 0.0749 e. The summed E-state index contributed by atoms with van der Waals surface area (Å²) in [6.45, 7) is 6.07. The molecule has 0 bridgehead atoms. The van der Waals surface area contributed by atoms with E-state index in [2.05, 4.69) is 58.3 Å². The van der Waals surface area contributed by atoms with Crippen LogP contribution < -0.4 is 10.2 Å². The number of benzene rings is 1. The number of hydrogen-bond acceptors (Lipinski definition) is 3. The molecule has 1 aliphatic heterocycles. The summed E-state index contributed by atoms with van der Waals surface area (Å²) in [5.74, 6) is 0. The molecule has 21 heavy (non-hydrogen) atoms. The van der Waals surface area contributed by atoms with Gasteiger partial charge in [0.25, 0.3) is 0 Å². The van der Waals surface area contributed by atoms with Gasteiger partial charge in [-0.1, -0.05) is 28.9 Å². The van der Waals surface area contributed by atoms with E-state index in [1.54, 1.807) is 0 Å². The highest BCUT2D eigenvalue weighted by atomic mass is 79.9. The molecule has 1 fully saturated rings. The number of ether oxygens (including phenoxy) is 1. The molecule has 0 aliphatic carbocycles. The second kappa shape index (κ2) is 8.76. The van der Waals surface area contributed by atoms with Crippen LogP contribution in [0.25, 0.3) is 0 Å². The number of likely N-dealkylation sites (N-methyl/N-ethyl adjacent to an activating group) is 1. The van der Waals surface area contributed by atoms with Crippen LogP contribution in [0.2, 0.25) is 0 Å². The second-order valence-electron chi connectivity index (χ2n) is 5.82. The Balaban J connectivity index is 2.02. The minimum absolute atomic E-state index is 0.374. The minimum atomic E-state index is 0.374. The first-order valence-electron chi connectivity index (χ1n) is 8.02. The first-order chi connectivity index (χ1) is 10.2. The van der Waals surface area contributed by atoms with Crippen LogP contribution in [0.5, 0.6) is 0 Å². The van der Waals surface area contributed by atoms with E-state index in [1.807, 2.05) is 0 Å². The van der Waals surface area contributed by atoms with Crippen molar-refractivity contribution in [2.45, 2.75) is 45.3 Å². The molecule has 3 nitrogen and oxygen atoms in total. The maximum atomic E-state index is 5.87. The summed E-state index contributed by atoms with van der Waals surface area (Å²) in [6, 6.07) is 6.55. The van der Waals surface area contributed by atoms with Crippen LogP contribution in [0.4, 0.5) is 5.69 Å². The SMILES string of the molecule is CCCNCc1ccc(Br)cc1N(C)CC1CCCCO1. The molecule has 4 heteroatoms. The molecule has 1 heterocycles. The van der Waals surface area contributed by atoms with Gasteiger partial charge in [0.15, 0.2) is 0 Å². The predicted octanol–water partition coefficient (Wildman–Crippen LogP) is 3.95. The fourth-order valence-electron chi connectivity index (χ4n) is 2.80. The van der Waals surface area contributed by atoms with E-state index >= 15 is 0 Å². The second-order valence-corrected chi connectivity index (χ2v) is 6.73. The average Bonchev–Trinajstić information content (AvgIpc) is 2.50. The first-order valence-corrected chi connectivity index (χ1v) is 8.82. The van der Waals surface area contributed by atoms with Crippen molar-refractivity contribution in [3.63, 3.8) is 0 Å². The molecule has 0 aromatic heterocycles. The van der Waals surface area contributed by atoms with Gasteiger partial charge < -0.3 is 15.0 Å². The quantitative estimate of drug-likeness (QED) is 0.750. The van der Waals surface area contributed by atoms with E-state index in [9.17, 15) is 0 Å². The van der Waals surface area contributed by atoms with Crippen molar-refractivity contribution in [2.24, 2.45) is 0 Å². The fourth-order valence-corrected chi connectivity index (χ4v) is 3.15. The van der Waals surface area contributed by atoms with Gasteiger partial charge in [-0.25, -0.2) is 0 Å². The zero-order valence-electron chi connectivity index (χ0n) is 13.2. The first kappa shape index (κ1) is 16.8. The summed E-state index contributed by atoms with van der Waals surface area (Å²) in [5.41, 5.74) is 2.65. The third-order valence-electron chi connectivity index (χ3n) is 3.95. The molecule has 0 saturated carbocycles. The molecule has 118 valence electrons. The van der Waals surface area contributed by atoms with Crippen LogP contribution in [0.3, 0.4) is 0 Å². The predicted molar refractivity (Wildman–Crippen MR) is 93.0 cm³/mol. The molecule has 0 radical (unpaired) electrons. The van der Waals surface area contributed by atoms with Crippen molar-refractivity contribution >= 4 is 21.6 Å². The maximum absolute atomic E-state index is 5.87. The summed E-state index contributed by atoms with van der Waals surface area (Å²) in [7, 11) is 2.17. The van der Waals surface area contributed by atoms with Crippen LogP contribution in [-0.4, -0.2) is 32.8 Å². The van der Waals surface area contributed by atoms with Crippen molar-refractivity contribution < 1.29 is 4.74 Å². The van der Waals surface area contributed by atoms with Gasteiger partial charge in [-0.2, -0.15) is 0 Å². The minimum Gasteiger partial charge on any atom is -0.376 e. The van der Waals surface area contributed by atoms with Crippen LogP contribution in [0.15, 0.2) is 22.7 Å². The lowest BCUT2D eigenvalue weighted by Gasteiger charge is -2.30. The van der Waals surface area contributed by atoms with Gasteiger partial charge in [0.2, 0.25) is 0 Å². The summed E-state index contributed by atoms with van der Waals surface area (Å²) >= 11 is 3.59. The number of halogens is 1. The highest BCUT2D eigenvalue weighted by molar-refractivity contribution is 9.10. The number of nitrogens with zero attached hydrogens (tertiary/aromatic N) is 1. The Kier molecular flexibility index (Phi) is 7.00. The van der Waals surface area contributed by atoms with Crippen molar-refractivity contribution in [2.75, 3.05) is 31.6 Å². The molecule has 0 amide bonds. The lowest BCUT2D eigenvalue weighted by molar-refractivity contribution is 0.0216. The number of nitrogens with one attached hydrogen (secondary N) is 1. The third kappa shape index (κ3) is 5.28. The fraction of sp³-hybridized carbons (Fsp3) is 0.647. The van der Waals surface area contributed by atoms with Gasteiger partial charge in [-0.15, -0.1) is 0 Å². The normalized spacial score (nSPS) is 18.7. The van der Waals surface area contributed by atoms with Gasteiger partial charge in [0.05, 0.1) is 6.10 Å². The largest absolute Gasteiger partial charge is 0.376 e. The third-order valence-corrected chi connectivity index (χ3v) is 4.45. The molecule has 1 aromatic carbocycles. The van der Waals surface area contributed by atoms with Gasteiger partial charge in [0.1, 0.15) is 0 Å². The molecule has 1 aliphatic rings. The molecule has 2 rings (SSSR count). The Morgan fingerprint density at radius 2 is 2.24 bits per heavy atom. The Labute approximate surface area is 137 Å². The van der Waals surface area contributed by atoms with Crippen LogP contribution >= 0.6 is 15.9 Å². The molecule has 1 aromatic rings. The van der Waals surface area contributed by atoms with Crippen molar-refractivity contribution in [1.82, 2.24) is 5.32 Å². The van der Waals surface area contributed by atoms with Crippen LogP contribution in [-0.2, 0) is 11.3 Å². The van der Waals surface area contributed by atoms with Crippen LogP contribution in [0, 0.1) is 0 Å².